The number of aromatic nitrogens is 4. The third-order valence-corrected chi connectivity index (χ3v) is 5.17. The van der Waals surface area contributed by atoms with Gasteiger partial charge in [-0.05, 0) is 36.8 Å². The SMILES string of the molecule is COc1ccc(Cc2nnc3sc(-c4ccc([N+](=O)[O-])c(C)c4)nn23)cc1. The Morgan fingerprint density at radius 1 is 1.19 bits per heavy atom. The maximum absolute atomic E-state index is 11.0. The molecular formula is C18H15N5O3S. The fourth-order valence-corrected chi connectivity index (χ4v) is 3.66. The standard InChI is InChI=1S/C18H15N5O3S/c1-11-9-13(5-8-15(11)23(24)25)17-21-22-16(19-20-18(22)27-17)10-12-3-6-14(26-2)7-4-12/h3-9H,10H2,1-2H3. The summed E-state index contributed by atoms with van der Waals surface area (Å²) in [6.45, 7) is 1.72. The van der Waals surface area contributed by atoms with E-state index in [1.807, 2.05) is 24.3 Å². The summed E-state index contributed by atoms with van der Waals surface area (Å²) in [6, 6.07) is 12.7. The van der Waals surface area contributed by atoms with Crippen molar-refractivity contribution >= 4 is 22.0 Å². The average Bonchev–Trinajstić information content (AvgIpc) is 3.24. The van der Waals surface area contributed by atoms with Gasteiger partial charge in [-0.3, -0.25) is 10.1 Å². The first-order valence-electron chi connectivity index (χ1n) is 8.14. The van der Waals surface area contributed by atoms with Crippen molar-refractivity contribution in [2.24, 2.45) is 0 Å². The smallest absolute Gasteiger partial charge is 0.272 e. The van der Waals surface area contributed by atoms with Gasteiger partial charge in [-0.25, -0.2) is 0 Å². The van der Waals surface area contributed by atoms with E-state index in [2.05, 4.69) is 15.3 Å². The van der Waals surface area contributed by atoms with Gasteiger partial charge in [-0.1, -0.05) is 23.5 Å². The lowest BCUT2D eigenvalue weighted by molar-refractivity contribution is -0.385. The number of nitro benzene ring substituents is 1. The summed E-state index contributed by atoms with van der Waals surface area (Å²) < 4.78 is 6.90. The lowest BCUT2D eigenvalue weighted by Crippen LogP contribution is -1.98. The molecule has 27 heavy (non-hydrogen) atoms. The lowest BCUT2D eigenvalue weighted by Gasteiger charge is -2.02. The van der Waals surface area contributed by atoms with E-state index in [9.17, 15) is 10.1 Å². The molecule has 0 aliphatic rings. The van der Waals surface area contributed by atoms with E-state index < -0.39 is 0 Å². The molecule has 2 aromatic heterocycles. The summed E-state index contributed by atoms with van der Waals surface area (Å²) >= 11 is 1.40. The highest BCUT2D eigenvalue weighted by Crippen LogP contribution is 2.29. The molecule has 4 rings (SSSR count). The highest BCUT2D eigenvalue weighted by molar-refractivity contribution is 7.19. The number of aryl methyl sites for hydroxylation is 1. The Hall–Kier alpha value is -3.33. The van der Waals surface area contributed by atoms with Gasteiger partial charge in [-0.2, -0.15) is 9.61 Å². The van der Waals surface area contributed by atoms with E-state index in [1.54, 1.807) is 30.7 Å². The second-order valence-electron chi connectivity index (χ2n) is 6.00. The van der Waals surface area contributed by atoms with Gasteiger partial charge in [0.15, 0.2) is 5.82 Å². The van der Waals surface area contributed by atoms with Gasteiger partial charge in [0.05, 0.1) is 12.0 Å². The predicted molar refractivity (Wildman–Crippen MR) is 101 cm³/mol. The largest absolute Gasteiger partial charge is 0.497 e. The third kappa shape index (κ3) is 3.24. The Morgan fingerprint density at radius 3 is 2.63 bits per heavy atom. The normalized spacial score (nSPS) is 11.0. The maximum atomic E-state index is 11.0. The van der Waals surface area contributed by atoms with Crippen LogP contribution in [-0.2, 0) is 6.42 Å². The van der Waals surface area contributed by atoms with Crippen LogP contribution in [0.4, 0.5) is 5.69 Å². The molecule has 0 bridgehead atoms. The fraction of sp³-hybridized carbons (Fsp3) is 0.167. The molecule has 0 fully saturated rings. The van der Waals surface area contributed by atoms with Crippen LogP contribution in [0, 0.1) is 17.0 Å². The third-order valence-electron chi connectivity index (χ3n) is 4.22. The second-order valence-corrected chi connectivity index (χ2v) is 6.96. The molecule has 0 radical (unpaired) electrons. The molecule has 0 atom stereocenters. The summed E-state index contributed by atoms with van der Waals surface area (Å²) in [7, 11) is 1.63. The van der Waals surface area contributed by atoms with E-state index in [1.165, 1.54) is 17.4 Å². The van der Waals surface area contributed by atoms with Gasteiger partial charge in [0.1, 0.15) is 10.8 Å². The number of nitrogens with zero attached hydrogens (tertiary/aromatic N) is 5. The number of hydrogen-bond donors (Lipinski definition) is 0. The van der Waals surface area contributed by atoms with E-state index in [0.717, 1.165) is 27.7 Å². The van der Waals surface area contributed by atoms with Crippen LogP contribution in [0.1, 0.15) is 17.0 Å². The monoisotopic (exact) mass is 381 g/mol. The zero-order valence-electron chi connectivity index (χ0n) is 14.6. The fourth-order valence-electron chi connectivity index (χ4n) is 2.80. The topological polar surface area (TPSA) is 95.5 Å². The lowest BCUT2D eigenvalue weighted by atomic mass is 10.1. The number of rotatable bonds is 5. The number of hydrogen-bond acceptors (Lipinski definition) is 7. The van der Waals surface area contributed by atoms with Gasteiger partial charge < -0.3 is 4.74 Å². The first-order chi connectivity index (χ1) is 13.0. The summed E-state index contributed by atoms with van der Waals surface area (Å²) in [5.74, 6) is 1.53. The molecule has 0 N–H and O–H groups in total. The molecule has 2 heterocycles. The predicted octanol–water partition coefficient (Wildman–Crippen LogP) is 3.67. The Balaban J connectivity index is 1.65. The summed E-state index contributed by atoms with van der Waals surface area (Å²) in [6.07, 6.45) is 0.591. The Labute approximate surface area is 158 Å². The van der Waals surface area contributed by atoms with E-state index >= 15 is 0 Å². The first kappa shape index (κ1) is 17.1. The van der Waals surface area contributed by atoms with Crippen molar-refractivity contribution in [3.63, 3.8) is 0 Å². The van der Waals surface area contributed by atoms with Crippen molar-refractivity contribution in [3.8, 4) is 16.3 Å². The Kier molecular flexibility index (Phi) is 4.28. The van der Waals surface area contributed by atoms with Crippen LogP contribution >= 0.6 is 11.3 Å². The molecule has 0 aliphatic heterocycles. The average molecular weight is 381 g/mol. The molecule has 0 amide bonds. The van der Waals surface area contributed by atoms with Crippen molar-refractivity contribution in [1.82, 2.24) is 19.8 Å². The number of benzene rings is 2. The first-order valence-corrected chi connectivity index (χ1v) is 8.96. The van der Waals surface area contributed by atoms with Crippen molar-refractivity contribution in [2.45, 2.75) is 13.3 Å². The quantitative estimate of drug-likeness (QED) is 0.387. The summed E-state index contributed by atoms with van der Waals surface area (Å²) in [5.41, 5.74) is 2.60. The van der Waals surface area contributed by atoms with Crippen molar-refractivity contribution in [1.29, 1.82) is 0 Å². The number of methoxy groups -OCH3 is 1. The maximum Gasteiger partial charge on any atom is 0.272 e. The van der Waals surface area contributed by atoms with E-state index in [-0.39, 0.29) is 10.6 Å². The minimum absolute atomic E-state index is 0.0990. The molecule has 9 heteroatoms. The minimum atomic E-state index is -0.384. The van der Waals surface area contributed by atoms with Crippen LogP contribution in [0.2, 0.25) is 0 Å². The summed E-state index contributed by atoms with van der Waals surface area (Å²) in [4.78, 5) is 11.3. The van der Waals surface area contributed by atoms with Crippen molar-refractivity contribution < 1.29 is 9.66 Å². The van der Waals surface area contributed by atoms with Gasteiger partial charge in [0.25, 0.3) is 5.69 Å². The molecule has 0 unspecified atom stereocenters. The van der Waals surface area contributed by atoms with Gasteiger partial charge >= 0.3 is 0 Å². The van der Waals surface area contributed by atoms with Gasteiger partial charge in [0.2, 0.25) is 4.96 Å². The molecule has 4 aromatic rings. The van der Waals surface area contributed by atoms with Crippen LogP contribution in [-0.4, -0.2) is 31.8 Å². The molecule has 136 valence electrons. The van der Waals surface area contributed by atoms with Crippen LogP contribution in [0.5, 0.6) is 5.75 Å². The summed E-state index contributed by atoms with van der Waals surface area (Å²) in [5, 5.41) is 24.8. The van der Waals surface area contributed by atoms with Crippen molar-refractivity contribution in [3.05, 3.63) is 69.5 Å². The molecule has 0 saturated carbocycles. The highest BCUT2D eigenvalue weighted by Gasteiger charge is 2.16. The van der Waals surface area contributed by atoms with Gasteiger partial charge in [0, 0.05) is 23.6 Å². The van der Waals surface area contributed by atoms with Crippen LogP contribution in [0.3, 0.4) is 0 Å². The minimum Gasteiger partial charge on any atom is -0.497 e. The molecule has 0 aliphatic carbocycles. The Morgan fingerprint density at radius 2 is 1.96 bits per heavy atom. The van der Waals surface area contributed by atoms with Crippen LogP contribution in [0.25, 0.3) is 15.5 Å². The van der Waals surface area contributed by atoms with Gasteiger partial charge in [-0.15, -0.1) is 10.2 Å². The molecule has 2 aromatic carbocycles. The molecule has 0 saturated heterocycles. The zero-order chi connectivity index (χ0) is 19.0. The highest BCUT2D eigenvalue weighted by atomic mass is 32.1. The van der Waals surface area contributed by atoms with E-state index in [4.69, 9.17) is 4.74 Å². The van der Waals surface area contributed by atoms with E-state index in [0.29, 0.717) is 16.9 Å². The number of fused-ring (bicyclic) bond motifs is 1. The zero-order valence-corrected chi connectivity index (χ0v) is 15.4. The van der Waals surface area contributed by atoms with Crippen LogP contribution in [0.15, 0.2) is 42.5 Å². The number of nitro groups is 1. The molecular weight excluding hydrogens is 366 g/mol. The number of ether oxygens (including phenoxy) is 1. The molecule has 0 spiro atoms. The second kappa shape index (κ2) is 6.76. The molecule has 8 nitrogen and oxygen atoms in total. The van der Waals surface area contributed by atoms with Crippen LogP contribution < -0.4 is 4.74 Å². The van der Waals surface area contributed by atoms with Crippen molar-refractivity contribution in [2.75, 3.05) is 7.11 Å². The Bertz CT molecular complexity index is 1130.